The molecule has 1 saturated carbocycles. The van der Waals surface area contributed by atoms with Gasteiger partial charge in [0.25, 0.3) is 0 Å². The van der Waals surface area contributed by atoms with Gasteiger partial charge in [-0.05, 0) is 44.6 Å². The maximum Gasteiger partial charge on any atom is 0.139 e. The van der Waals surface area contributed by atoms with Crippen molar-refractivity contribution >= 4 is 5.84 Å². The summed E-state index contributed by atoms with van der Waals surface area (Å²) in [7, 11) is 0. The summed E-state index contributed by atoms with van der Waals surface area (Å²) in [5.74, 6) is 1.22. The van der Waals surface area contributed by atoms with Crippen LogP contribution in [0.4, 0.5) is 0 Å². The van der Waals surface area contributed by atoms with E-state index in [4.69, 9.17) is 10.9 Å². The number of nitrogens with one attached hydrogen (secondary N) is 1. The Bertz CT molecular complexity index is 237. The molecule has 1 fully saturated rings. The standard InChI is InChI=1S/C14H29N3O/c1-2-13(12-8-4-3-5-9-12)16-11-7-6-10-14(15)17-18/h12-13,16,18H,2-11H2,1H3,(H2,15,17). The molecule has 1 aliphatic carbocycles. The van der Waals surface area contributed by atoms with Crippen molar-refractivity contribution in [2.75, 3.05) is 6.54 Å². The van der Waals surface area contributed by atoms with Gasteiger partial charge in [-0.25, -0.2) is 0 Å². The molecule has 18 heavy (non-hydrogen) atoms. The van der Waals surface area contributed by atoms with Gasteiger partial charge >= 0.3 is 0 Å². The Morgan fingerprint density at radius 1 is 1.33 bits per heavy atom. The quantitative estimate of drug-likeness (QED) is 0.205. The summed E-state index contributed by atoms with van der Waals surface area (Å²) < 4.78 is 0. The first-order chi connectivity index (χ1) is 8.77. The van der Waals surface area contributed by atoms with Crippen LogP contribution in [0.1, 0.15) is 64.7 Å². The summed E-state index contributed by atoms with van der Waals surface area (Å²) >= 11 is 0. The van der Waals surface area contributed by atoms with E-state index in [9.17, 15) is 0 Å². The van der Waals surface area contributed by atoms with Gasteiger partial charge in [-0.1, -0.05) is 31.3 Å². The Kier molecular flexibility index (Phi) is 7.81. The predicted octanol–water partition coefficient (Wildman–Crippen LogP) is 2.85. The highest BCUT2D eigenvalue weighted by molar-refractivity contribution is 5.79. The highest BCUT2D eigenvalue weighted by Gasteiger charge is 2.21. The van der Waals surface area contributed by atoms with Crippen molar-refractivity contribution in [3.8, 4) is 0 Å². The molecular weight excluding hydrogens is 226 g/mol. The van der Waals surface area contributed by atoms with Crippen molar-refractivity contribution in [3.63, 3.8) is 0 Å². The van der Waals surface area contributed by atoms with Crippen LogP contribution < -0.4 is 11.1 Å². The van der Waals surface area contributed by atoms with Crippen LogP contribution in [0.5, 0.6) is 0 Å². The Hall–Kier alpha value is -0.770. The predicted molar refractivity (Wildman–Crippen MR) is 75.9 cm³/mol. The van der Waals surface area contributed by atoms with Gasteiger partial charge in [-0.3, -0.25) is 0 Å². The first-order valence-corrected chi connectivity index (χ1v) is 7.47. The minimum Gasteiger partial charge on any atom is -0.409 e. The molecule has 4 nitrogen and oxygen atoms in total. The van der Waals surface area contributed by atoms with Gasteiger partial charge < -0.3 is 16.3 Å². The van der Waals surface area contributed by atoms with Crippen molar-refractivity contribution in [1.82, 2.24) is 5.32 Å². The topological polar surface area (TPSA) is 70.6 Å². The van der Waals surface area contributed by atoms with Gasteiger partial charge in [-0.15, -0.1) is 0 Å². The number of hydrogen-bond donors (Lipinski definition) is 3. The molecular formula is C14H29N3O. The molecule has 0 aromatic carbocycles. The van der Waals surface area contributed by atoms with E-state index in [-0.39, 0.29) is 0 Å². The average Bonchev–Trinajstić information content (AvgIpc) is 2.43. The lowest BCUT2D eigenvalue weighted by atomic mass is 9.83. The zero-order chi connectivity index (χ0) is 13.2. The van der Waals surface area contributed by atoms with E-state index in [1.165, 1.54) is 38.5 Å². The van der Waals surface area contributed by atoms with Crippen molar-refractivity contribution in [1.29, 1.82) is 0 Å². The third-order valence-electron chi connectivity index (χ3n) is 4.05. The number of nitrogens with zero attached hydrogens (tertiary/aromatic N) is 1. The normalized spacial score (nSPS) is 19.9. The van der Waals surface area contributed by atoms with Crippen LogP contribution in [0.2, 0.25) is 0 Å². The van der Waals surface area contributed by atoms with Crippen molar-refractivity contribution in [2.24, 2.45) is 16.8 Å². The summed E-state index contributed by atoms with van der Waals surface area (Å²) in [6.45, 7) is 3.33. The smallest absolute Gasteiger partial charge is 0.139 e. The van der Waals surface area contributed by atoms with Crippen LogP contribution in [-0.4, -0.2) is 23.6 Å². The molecule has 0 amide bonds. The molecule has 0 bridgehead atoms. The number of rotatable bonds is 8. The van der Waals surface area contributed by atoms with Gasteiger partial charge in [0, 0.05) is 12.5 Å². The summed E-state index contributed by atoms with van der Waals surface area (Å²) in [6.07, 6.45) is 11.0. The second-order valence-corrected chi connectivity index (χ2v) is 5.42. The zero-order valence-electron chi connectivity index (χ0n) is 11.7. The van der Waals surface area contributed by atoms with E-state index in [0.29, 0.717) is 18.3 Å². The molecule has 0 spiro atoms. The molecule has 1 rings (SSSR count). The number of amidine groups is 1. The molecule has 1 atom stereocenters. The van der Waals surface area contributed by atoms with Gasteiger partial charge in [-0.2, -0.15) is 0 Å². The van der Waals surface area contributed by atoms with Crippen molar-refractivity contribution in [2.45, 2.75) is 70.8 Å². The lowest BCUT2D eigenvalue weighted by Crippen LogP contribution is -2.37. The van der Waals surface area contributed by atoms with Crippen LogP contribution in [0.15, 0.2) is 5.16 Å². The fraction of sp³-hybridized carbons (Fsp3) is 0.929. The van der Waals surface area contributed by atoms with Crippen LogP contribution in [-0.2, 0) is 0 Å². The average molecular weight is 255 g/mol. The molecule has 0 saturated heterocycles. The third kappa shape index (κ3) is 5.71. The Morgan fingerprint density at radius 2 is 2.06 bits per heavy atom. The van der Waals surface area contributed by atoms with Gasteiger partial charge in [0.1, 0.15) is 5.84 Å². The second-order valence-electron chi connectivity index (χ2n) is 5.42. The molecule has 106 valence electrons. The Morgan fingerprint density at radius 3 is 2.67 bits per heavy atom. The second kappa shape index (κ2) is 9.20. The summed E-state index contributed by atoms with van der Waals surface area (Å²) in [5, 5.41) is 15.1. The SMILES string of the molecule is CCC(NCCCCC(N)=NO)C1CCCCC1. The van der Waals surface area contributed by atoms with E-state index in [1.54, 1.807) is 0 Å². The summed E-state index contributed by atoms with van der Waals surface area (Å²) in [6, 6.07) is 0.689. The van der Waals surface area contributed by atoms with E-state index >= 15 is 0 Å². The molecule has 1 unspecified atom stereocenters. The third-order valence-corrected chi connectivity index (χ3v) is 4.05. The first kappa shape index (κ1) is 15.3. The highest BCUT2D eigenvalue weighted by atomic mass is 16.4. The fourth-order valence-corrected chi connectivity index (χ4v) is 2.95. The van der Waals surface area contributed by atoms with Crippen LogP contribution in [0, 0.1) is 5.92 Å². The van der Waals surface area contributed by atoms with E-state index in [1.807, 2.05) is 0 Å². The number of unbranched alkanes of at least 4 members (excludes halogenated alkanes) is 1. The molecule has 1 aliphatic rings. The first-order valence-electron chi connectivity index (χ1n) is 7.47. The molecule has 4 heteroatoms. The van der Waals surface area contributed by atoms with Crippen LogP contribution >= 0.6 is 0 Å². The monoisotopic (exact) mass is 255 g/mol. The maximum atomic E-state index is 8.44. The maximum absolute atomic E-state index is 8.44. The Labute approximate surface area is 111 Å². The van der Waals surface area contributed by atoms with E-state index in [2.05, 4.69) is 17.4 Å². The van der Waals surface area contributed by atoms with E-state index in [0.717, 1.165) is 25.3 Å². The molecule has 0 aromatic rings. The van der Waals surface area contributed by atoms with E-state index < -0.39 is 0 Å². The Balaban J connectivity index is 2.11. The van der Waals surface area contributed by atoms with Crippen molar-refractivity contribution in [3.05, 3.63) is 0 Å². The van der Waals surface area contributed by atoms with Crippen LogP contribution in [0.25, 0.3) is 0 Å². The molecule has 0 heterocycles. The number of nitrogens with two attached hydrogens (primary N) is 1. The van der Waals surface area contributed by atoms with Crippen molar-refractivity contribution < 1.29 is 5.21 Å². The van der Waals surface area contributed by atoms with Gasteiger partial charge in [0.2, 0.25) is 0 Å². The molecule has 0 aliphatic heterocycles. The zero-order valence-corrected chi connectivity index (χ0v) is 11.7. The lowest BCUT2D eigenvalue weighted by molar-refractivity contribution is 0.262. The largest absolute Gasteiger partial charge is 0.409 e. The van der Waals surface area contributed by atoms with Crippen LogP contribution in [0.3, 0.4) is 0 Å². The fourth-order valence-electron chi connectivity index (χ4n) is 2.95. The van der Waals surface area contributed by atoms with Gasteiger partial charge in [0.05, 0.1) is 0 Å². The minimum atomic E-state index is 0.342. The molecule has 4 N–H and O–H groups in total. The number of hydrogen-bond acceptors (Lipinski definition) is 3. The molecule has 0 aromatic heterocycles. The number of oxime groups is 1. The van der Waals surface area contributed by atoms with Gasteiger partial charge in [0.15, 0.2) is 0 Å². The molecule has 0 radical (unpaired) electrons. The lowest BCUT2D eigenvalue weighted by Gasteiger charge is -2.30. The summed E-state index contributed by atoms with van der Waals surface area (Å²) in [5.41, 5.74) is 5.44. The minimum absolute atomic E-state index is 0.342. The highest BCUT2D eigenvalue weighted by Crippen LogP contribution is 2.27. The summed E-state index contributed by atoms with van der Waals surface area (Å²) in [4.78, 5) is 0.